The molecular formula is C16H18ClN3O. The van der Waals surface area contributed by atoms with Crippen molar-refractivity contribution in [1.29, 1.82) is 0 Å². The summed E-state index contributed by atoms with van der Waals surface area (Å²) >= 11 is 6.13. The number of rotatable bonds is 2. The standard InChI is InChI=1S/C16H18ClN3O/c1-16(2)11-21-9-8-20(16)14-10-13(18-15(17)19-14)12-6-4-3-5-7-12/h3-7,10H,8-9,11H2,1-2H3. The summed E-state index contributed by atoms with van der Waals surface area (Å²) in [6, 6.07) is 12.0. The molecule has 1 aliphatic rings. The highest BCUT2D eigenvalue weighted by Gasteiger charge is 2.32. The van der Waals surface area contributed by atoms with Gasteiger partial charge < -0.3 is 9.64 Å². The van der Waals surface area contributed by atoms with Gasteiger partial charge in [0.25, 0.3) is 0 Å². The molecule has 5 heteroatoms. The fourth-order valence-electron chi connectivity index (χ4n) is 2.58. The minimum atomic E-state index is -0.107. The molecule has 1 aromatic carbocycles. The third-order valence-electron chi connectivity index (χ3n) is 3.68. The lowest BCUT2D eigenvalue weighted by Gasteiger charge is -2.43. The van der Waals surface area contributed by atoms with Crippen LogP contribution in [0.1, 0.15) is 13.8 Å². The van der Waals surface area contributed by atoms with Crippen LogP contribution in [-0.2, 0) is 4.74 Å². The molecular weight excluding hydrogens is 286 g/mol. The van der Waals surface area contributed by atoms with Gasteiger partial charge in [-0.15, -0.1) is 0 Å². The van der Waals surface area contributed by atoms with Crippen LogP contribution >= 0.6 is 11.6 Å². The van der Waals surface area contributed by atoms with Crippen molar-refractivity contribution >= 4 is 17.4 Å². The predicted molar refractivity (Wildman–Crippen MR) is 84.7 cm³/mol. The van der Waals surface area contributed by atoms with Gasteiger partial charge in [0.05, 0.1) is 24.4 Å². The average molecular weight is 304 g/mol. The van der Waals surface area contributed by atoms with Gasteiger partial charge in [0.1, 0.15) is 5.82 Å². The molecule has 0 unspecified atom stereocenters. The van der Waals surface area contributed by atoms with Crippen molar-refractivity contribution in [2.45, 2.75) is 19.4 Å². The molecule has 2 heterocycles. The molecule has 2 aromatic rings. The Morgan fingerprint density at radius 3 is 2.67 bits per heavy atom. The first-order valence-electron chi connectivity index (χ1n) is 7.02. The van der Waals surface area contributed by atoms with Crippen LogP contribution in [0.4, 0.5) is 5.82 Å². The van der Waals surface area contributed by atoms with Crippen molar-refractivity contribution in [3.05, 3.63) is 41.7 Å². The van der Waals surface area contributed by atoms with E-state index in [0.29, 0.717) is 13.2 Å². The number of hydrogen-bond donors (Lipinski definition) is 0. The molecule has 3 rings (SSSR count). The van der Waals surface area contributed by atoms with E-state index in [9.17, 15) is 0 Å². The van der Waals surface area contributed by atoms with Crippen LogP contribution in [0.25, 0.3) is 11.3 Å². The summed E-state index contributed by atoms with van der Waals surface area (Å²) in [5.41, 5.74) is 1.77. The van der Waals surface area contributed by atoms with Crippen molar-refractivity contribution in [2.24, 2.45) is 0 Å². The SMILES string of the molecule is CC1(C)COCCN1c1cc(-c2ccccc2)nc(Cl)n1. The molecule has 110 valence electrons. The number of morpholine rings is 1. The van der Waals surface area contributed by atoms with Gasteiger partial charge in [0, 0.05) is 18.2 Å². The van der Waals surface area contributed by atoms with Crippen molar-refractivity contribution in [3.8, 4) is 11.3 Å². The zero-order valence-corrected chi connectivity index (χ0v) is 13.0. The molecule has 0 saturated carbocycles. The van der Waals surface area contributed by atoms with Crippen LogP contribution in [0.5, 0.6) is 0 Å². The molecule has 4 nitrogen and oxygen atoms in total. The van der Waals surface area contributed by atoms with E-state index < -0.39 is 0 Å². The number of nitrogens with zero attached hydrogens (tertiary/aromatic N) is 3. The van der Waals surface area contributed by atoms with E-state index in [1.807, 2.05) is 36.4 Å². The second kappa shape index (κ2) is 5.62. The first-order valence-corrected chi connectivity index (χ1v) is 7.39. The van der Waals surface area contributed by atoms with Crippen molar-refractivity contribution in [1.82, 2.24) is 9.97 Å². The molecule has 0 bridgehead atoms. The summed E-state index contributed by atoms with van der Waals surface area (Å²) in [5.74, 6) is 0.849. The number of anilines is 1. The van der Waals surface area contributed by atoms with Crippen molar-refractivity contribution in [3.63, 3.8) is 0 Å². The largest absolute Gasteiger partial charge is 0.377 e. The highest BCUT2D eigenvalue weighted by molar-refractivity contribution is 6.28. The molecule has 1 fully saturated rings. The Morgan fingerprint density at radius 2 is 1.95 bits per heavy atom. The Balaban J connectivity index is 2.02. The van der Waals surface area contributed by atoms with Crippen LogP contribution in [0.3, 0.4) is 0 Å². The number of aromatic nitrogens is 2. The molecule has 1 aromatic heterocycles. The van der Waals surface area contributed by atoms with Crippen LogP contribution in [0, 0.1) is 0 Å². The summed E-state index contributed by atoms with van der Waals surface area (Å²) in [6.07, 6.45) is 0. The second-order valence-corrected chi connectivity index (χ2v) is 6.10. The Bertz CT molecular complexity index is 631. The molecule has 0 amide bonds. The molecule has 0 N–H and O–H groups in total. The second-order valence-electron chi connectivity index (χ2n) is 5.76. The lowest BCUT2D eigenvalue weighted by molar-refractivity contribution is 0.0639. The van der Waals surface area contributed by atoms with Crippen LogP contribution < -0.4 is 4.90 Å². The summed E-state index contributed by atoms with van der Waals surface area (Å²) < 4.78 is 5.56. The summed E-state index contributed by atoms with van der Waals surface area (Å²) in [5, 5.41) is 0.272. The van der Waals surface area contributed by atoms with Gasteiger partial charge in [-0.05, 0) is 25.4 Å². The van der Waals surface area contributed by atoms with E-state index in [2.05, 4.69) is 28.7 Å². The van der Waals surface area contributed by atoms with Crippen LogP contribution in [0.15, 0.2) is 36.4 Å². The smallest absolute Gasteiger partial charge is 0.224 e. The first-order chi connectivity index (χ1) is 10.1. The Hall–Kier alpha value is -1.65. The van der Waals surface area contributed by atoms with E-state index in [1.165, 1.54) is 0 Å². The van der Waals surface area contributed by atoms with Gasteiger partial charge in [-0.3, -0.25) is 0 Å². The lowest BCUT2D eigenvalue weighted by atomic mass is 10.0. The minimum Gasteiger partial charge on any atom is -0.377 e. The van der Waals surface area contributed by atoms with Gasteiger partial charge in [0.2, 0.25) is 5.28 Å². The first kappa shape index (κ1) is 14.3. The minimum absolute atomic E-state index is 0.107. The topological polar surface area (TPSA) is 38.2 Å². The number of hydrogen-bond acceptors (Lipinski definition) is 4. The van der Waals surface area contributed by atoms with E-state index in [4.69, 9.17) is 16.3 Å². The van der Waals surface area contributed by atoms with Gasteiger partial charge in [-0.25, -0.2) is 9.97 Å². The monoisotopic (exact) mass is 303 g/mol. The Kier molecular flexibility index (Phi) is 3.83. The fraction of sp³-hybridized carbons (Fsp3) is 0.375. The molecule has 1 saturated heterocycles. The highest BCUT2D eigenvalue weighted by Crippen LogP contribution is 2.29. The number of halogens is 1. The third-order valence-corrected chi connectivity index (χ3v) is 3.85. The van der Waals surface area contributed by atoms with E-state index >= 15 is 0 Å². The van der Waals surface area contributed by atoms with Gasteiger partial charge in [-0.1, -0.05) is 30.3 Å². The molecule has 0 spiro atoms. The van der Waals surface area contributed by atoms with Crippen molar-refractivity contribution in [2.75, 3.05) is 24.7 Å². The summed E-state index contributed by atoms with van der Waals surface area (Å²) in [6.45, 7) is 6.46. The Morgan fingerprint density at radius 1 is 1.19 bits per heavy atom. The predicted octanol–water partition coefficient (Wildman–Crippen LogP) is 3.41. The van der Waals surface area contributed by atoms with Crippen LogP contribution in [-0.4, -0.2) is 35.3 Å². The van der Waals surface area contributed by atoms with Gasteiger partial charge in [-0.2, -0.15) is 0 Å². The fourth-order valence-corrected chi connectivity index (χ4v) is 2.76. The quantitative estimate of drug-likeness (QED) is 0.797. The zero-order valence-electron chi connectivity index (χ0n) is 12.2. The van der Waals surface area contributed by atoms with Crippen LogP contribution in [0.2, 0.25) is 5.28 Å². The lowest BCUT2D eigenvalue weighted by Crippen LogP contribution is -2.53. The normalized spacial score (nSPS) is 17.8. The molecule has 21 heavy (non-hydrogen) atoms. The molecule has 0 radical (unpaired) electrons. The highest BCUT2D eigenvalue weighted by atomic mass is 35.5. The maximum atomic E-state index is 6.13. The van der Waals surface area contributed by atoms with Crippen molar-refractivity contribution < 1.29 is 4.74 Å². The zero-order chi connectivity index (χ0) is 14.9. The Labute approximate surface area is 129 Å². The molecule has 0 atom stereocenters. The van der Waals surface area contributed by atoms with E-state index in [-0.39, 0.29) is 10.8 Å². The van der Waals surface area contributed by atoms with Gasteiger partial charge >= 0.3 is 0 Å². The van der Waals surface area contributed by atoms with E-state index in [0.717, 1.165) is 23.6 Å². The number of benzene rings is 1. The maximum absolute atomic E-state index is 6.13. The number of ether oxygens (including phenoxy) is 1. The molecule has 0 aliphatic carbocycles. The van der Waals surface area contributed by atoms with Gasteiger partial charge in [0.15, 0.2) is 0 Å². The maximum Gasteiger partial charge on any atom is 0.224 e. The summed E-state index contributed by atoms with van der Waals surface area (Å²) in [4.78, 5) is 11.0. The third kappa shape index (κ3) is 3.01. The molecule has 1 aliphatic heterocycles. The summed E-state index contributed by atoms with van der Waals surface area (Å²) in [7, 11) is 0. The average Bonchev–Trinajstić information content (AvgIpc) is 2.47. The van der Waals surface area contributed by atoms with E-state index in [1.54, 1.807) is 0 Å².